The zero-order valence-corrected chi connectivity index (χ0v) is 11.2. The van der Waals surface area contributed by atoms with Gasteiger partial charge in [0.05, 0.1) is 18.2 Å². The molecule has 4 N–H and O–H groups in total. The highest BCUT2D eigenvalue weighted by atomic mass is 16.3. The van der Waals surface area contributed by atoms with Crippen molar-refractivity contribution in [1.82, 2.24) is 15.0 Å². The highest BCUT2D eigenvalue weighted by Crippen LogP contribution is 2.21. The normalized spacial score (nSPS) is 14.3. The molecule has 0 amide bonds. The topological polar surface area (TPSA) is 97.0 Å². The fourth-order valence-corrected chi connectivity index (χ4v) is 1.91. The lowest BCUT2D eigenvalue weighted by atomic mass is 10.00. The number of nitrogens with two attached hydrogens (primary N) is 1. The van der Waals surface area contributed by atoms with Gasteiger partial charge in [0, 0.05) is 6.20 Å². The van der Waals surface area contributed by atoms with Gasteiger partial charge in [-0.25, -0.2) is 4.98 Å². The molecule has 0 fully saturated rings. The van der Waals surface area contributed by atoms with Gasteiger partial charge >= 0.3 is 0 Å². The molecule has 0 spiro atoms. The second-order valence-corrected chi connectivity index (χ2v) is 4.62. The van der Waals surface area contributed by atoms with E-state index in [0.29, 0.717) is 22.8 Å². The molecule has 0 saturated carbocycles. The Labute approximate surface area is 112 Å². The van der Waals surface area contributed by atoms with E-state index in [9.17, 15) is 5.11 Å². The minimum absolute atomic E-state index is 0.0350. The molecule has 0 bridgehead atoms. The number of aliphatic hydroxyl groups is 1. The molecule has 102 valence electrons. The van der Waals surface area contributed by atoms with Gasteiger partial charge in [-0.05, 0) is 18.1 Å². The lowest BCUT2D eigenvalue weighted by Gasteiger charge is -2.23. The Kier molecular flexibility index (Phi) is 4.11. The standard InChI is InChI=1S/C13H19N5O/c1-3-8(2)10(7-19)16-12-11-9(5-4-6-15-11)17-13(14)18-12/h4-6,8,10,19H,3,7H2,1-2H3,(H3,14,16,17,18). The van der Waals surface area contributed by atoms with Crippen LogP contribution in [0.1, 0.15) is 20.3 Å². The number of hydrogen-bond acceptors (Lipinski definition) is 6. The van der Waals surface area contributed by atoms with Crippen molar-refractivity contribution >= 4 is 22.8 Å². The smallest absolute Gasteiger partial charge is 0.222 e. The molecule has 2 heterocycles. The van der Waals surface area contributed by atoms with Crippen molar-refractivity contribution in [1.29, 1.82) is 0 Å². The summed E-state index contributed by atoms with van der Waals surface area (Å²) in [6.07, 6.45) is 2.65. The van der Waals surface area contributed by atoms with E-state index in [4.69, 9.17) is 5.73 Å². The summed E-state index contributed by atoms with van der Waals surface area (Å²) >= 11 is 0. The van der Waals surface area contributed by atoms with Crippen LogP contribution in [0.25, 0.3) is 11.0 Å². The van der Waals surface area contributed by atoms with E-state index in [1.165, 1.54) is 0 Å². The van der Waals surface area contributed by atoms with Crippen LogP contribution in [-0.2, 0) is 0 Å². The first-order chi connectivity index (χ1) is 9.15. The molecule has 0 aromatic carbocycles. The van der Waals surface area contributed by atoms with E-state index < -0.39 is 0 Å². The van der Waals surface area contributed by atoms with Gasteiger partial charge in [-0.3, -0.25) is 4.98 Å². The predicted molar refractivity (Wildman–Crippen MR) is 75.7 cm³/mol. The van der Waals surface area contributed by atoms with Crippen molar-refractivity contribution < 1.29 is 5.11 Å². The molecule has 2 unspecified atom stereocenters. The average molecular weight is 261 g/mol. The molecule has 0 aliphatic rings. The van der Waals surface area contributed by atoms with Gasteiger partial charge in [-0.1, -0.05) is 20.3 Å². The summed E-state index contributed by atoms with van der Waals surface area (Å²) in [5.74, 6) is 1.09. The minimum Gasteiger partial charge on any atom is -0.394 e. The molecular weight excluding hydrogens is 242 g/mol. The third-order valence-electron chi connectivity index (χ3n) is 3.32. The summed E-state index contributed by atoms with van der Waals surface area (Å²) in [7, 11) is 0. The van der Waals surface area contributed by atoms with Gasteiger partial charge in [0.2, 0.25) is 5.95 Å². The summed E-state index contributed by atoms with van der Waals surface area (Å²) in [5, 5.41) is 12.7. The van der Waals surface area contributed by atoms with E-state index in [-0.39, 0.29) is 18.6 Å². The maximum Gasteiger partial charge on any atom is 0.222 e. The number of anilines is 2. The number of nitrogens with zero attached hydrogens (tertiary/aromatic N) is 3. The van der Waals surface area contributed by atoms with Crippen LogP contribution in [0.5, 0.6) is 0 Å². The zero-order chi connectivity index (χ0) is 13.8. The van der Waals surface area contributed by atoms with Crippen LogP contribution in [0.15, 0.2) is 18.3 Å². The Morgan fingerprint density at radius 2 is 2.21 bits per heavy atom. The van der Waals surface area contributed by atoms with Crippen molar-refractivity contribution in [3.8, 4) is 0 Å². The molecule has 0 radical (unpaired) electrons. The Balaban J connectivity index is 2.38. The van der Waals surface area contributed by atoms with Crippen molar-refractivity contribution in [2.75, 3.05) is 17.7 Å². The van der Waals surface area contributed by atoms with Crippen LogP contribution in [0.2, 0.25) is 0 Å². The minimum atomic E-state index is -0.0792. The van der Waals surface area contributed by atoms with Gasteiger partial charge < -0.3 is 16.2 Å². The van der Waals surface area contributed by atoms with Crippen LogP contribution in [0.3, 0.4) is 0 Å². The van der Waals surface area contributed by atoms with Gasteiger partial charge in [0.1, 0.15) is 5.52 Å². The summed E-state index contributed by atoms with van der Waals surface area (Å²) in [5.41, 5.74) is 7.06. The number of fused-ring (bicyclic) bond motifs is 1. The summed E-state index contributed by atoms with van der Waals surface area (Å²) in [6, 6.07) is 3.56. The van der Waals surface area contributed by atoms with E-state index >= 15 is 0 Å². The number of nitrogens with one attached hydrogen (secondary N) is 1. The number of hydrogen-bond donors (Lipinski definition) is 3. The lowest BCUT2D eigenvalue weighted by molar-refractivity contribution is 0.241. The molecular formula is C13H19N5O. The van der Waals surface area contributed by atoms with Crippen molar-refractivity contribution in [2.24, 2.45) is 5.92 Å². The summed E-state index contributed by atoms with van der Waals surface area (Å²) in [4.78, 5) is 12.6. The van der Waals surface area contributed by atoms with Crippen LogP contribution >= 0.6 is 0 Å². The molecule has 19 heavy (non-hydrogen) atoms. The third-order valence-corrected chi connectivity index (χ3v) is 3.32. The van der Waals surface area contributed by atoms with Crippen molar-refractivity contribution in [3.05, 3.63) is 18.3 Å². The van der Waals surface area contributed by atoms with Crippen LogP contribution in [0.4, 0.5) is 11.8 Å². The first-order valence-electron chi connectivity index (χ1n) is 6.41. The number of rotatable bonds is 5. The van der Waals surface area contributed by atoms with E-state index in [1.54, 1.807) is 12.3 Å². The highest BCUT2D eigenvalue weighted by molar-refractivity contribution is 5.85. The molecule has 6 heteroatoms. The van der Waals surface area contributed by atoms with E-state index in [0.717, 1.165) is 6.42 Å². The maximum absolute atomic E-state index is 9.47. The monoisotopic (exact) mass is 261 g/mol. The quantitative estimate of drug-likeness (QED) is 0.753. The number of aliphatic hydroxyl groups excluding tert-OH is 1. The number of nitrogen functional groups attached to an aromatic ring is 1. The highest BCUT2D eigenvalue weighted by Gasteiger charge is 2.17. The lowest BCUT2D eigenvalue weighted by Crippen LogP contribution is -2.31. The van der Waals surface area contributed by atoms with Gasteiger partial charge in [-0.2, -0.15) is 4.98 Å². The predicted octanol–water partition coefficient (Wildman–Crippen LogP) is 1.43. The molecule has 0 aliphatic carbocycles. The van der Waals surface area contributed by atoms with E-state index in [2.05, 4.69) is 34.1 Å². The van der Waals surface area contributed by atoms with E-state index in [1.807, 2.05) is 6.07 Å². The van der Waals surface area contributed by atoms with Gasteiger partial charge in [0.15, 0.2) is 5.82 Å². The van der Waals surface area contributed by atoms with Crippen molar-refractivity contribution in [2.45, 2.75) is 26.3 Å². The first kappa shape index (κ1) is 13.5. The third kappa shape index (κ3) is 2.90. The summed E-state index contributed by atoms with van der Waals surface area (Å²) in [6.45, 7) is 4.20. The molecule has 2 rings (SSSR count). The molecule has 0 aliphatic heterocycles. The Morgan fingerprint density at radius 3 is 2.89 bits per heavy atom. The second kappa shape index (κ2) is 5.79. The Bertz CT molecular complexity index is 560. The van der Waals surface area contributed by atoms with Crippen LogP contribution in [0, 0.1) is 5.92 Å². The fourth-order valence-electron chi connectivity index (χ4n) is 1.91. The molecule has 2 atom stereocenters. The molecule has 2 aromatic heterocycles. The second-order valence-electron chi connectivity index (χ2n) is 4.62. The zero-order valence-electron chi connectivity index (χ0n) is 11.2. The molecule has 0 saturated heterocycles. The maximum atomic E-state index is 9.47. The van der Waals surface area contributed by atoms with Crippen molar-refractivity contribution in [3.63, 3.8) is 0 Å². The first-order valence-corrected chi connectivity index (χ1v) is 6.41. The van der Waals surface area contributed by atoms with Gasteiger partial charge in [0.25, 0.3) is 0 Å². The van der Waals surface area contributed by atoms with Crippen LogP contribution in [-0.4, -0.2) is 32.7 Å². The summed E-state index contributed by atoms with van der Waals surface area (Å²) < 4.78 is 0. The molecule has 2 aromatic rings. The van der Waals surface area contributed by atoms with Crippen LogP contribution < -0.4 is 11.1 Å². The number of aromatic nitrogens is 3. The van der Waals surface area contributed by atoms with Gasteiger partial charge in [-0.15, -0.1) is 0 Å². The largest absolute Gasteiger partial charge is 0.394 e. The number of pyridine rings is 1. The Hall–Kier alpha value is -1.95. The fraction of sp³-hybridized carbons (Fsp3) is 0.462. The Morgan fingerprint density at radius 1 is 1.42 bits per heavy atom. The molecule has 6 nitrogen and oxygen atoms in total. The average Bonchev–Trinajstić information content (AvgIpc) is 2.43. The SMILES string of the molecule is CCC(C)C(CO)Nc1nc(N)nc2cccnc12.